The molecule has 0 saturated carbocycles. The van der Waals surface area contributed by atoms with E-state index in [1.807, 2.05) is 49.1 Å². The van der Waals surface area contributed by atoms with Gasteiger partial charge in [0, 0.05) is 61.5 Å². The van der Waals surface area contributed by atoms with E-state index in [-0.39, 0.29) is 0 Å². The van der Waals surface area contributed by atoms with Gasteiger partial charge in [-0.15, -0.1) is 0 Å². The predicted molar refractivity (Wildman–Crippen MR) is 138 cm³/mol. The second-order valence-electron chi connectivity index (χ2n) is 8.46. The SMILES string of the molecule is COc1cc(OC)cc(N(CCCn2cnc(C)n2)c2ccc3ncc(-c4cnn(C)c4)nc3c2)c1. The van der Waals surface area contributed by atoms with Crippen LogP contribution >= 0.6 is 0 Å². The zero-order valence-electron chi connectivity index (χ0n) is 20.8. The average Bonchev–Trinajstić information content (AvgIpc) is 3.53. The number of hydrogen-bond donors (Lipinski definition) is 0. The van der Waals surface area contributed by atoms with Crippen LogP contribution < -0.4 is 14.4 Å². The zero-order chi connectivity index (χ0) is 25.1. The van der Waals surface area contributed by atoms with Crippen molar-refractivity contribution in [2.75, 3.05) is 25.7 Å². The molecule has 5 rings (SSSR count). The van der Waals surface area contributed by atoms with Crippen molar-refractivity contribution in [3.8, 4) is 22.8 Å². The molecule has 10 heteroatoms. The summed E-state index contributed by atoms with van der Waals surface area (Å²) in [5.74, 6) is 2.21. The minimum Gasteiger partial charge on any atom is -0.497 e. The number of ether oxygens (including phenoxy) is 2. The van der Waals surface area contributed by atoms with Gasteiger partial charge in [0.15, 0.2) is 0 Å². The Labute approximate surface area is 209 Å². The van der Waals surface area contributed by atoms with Gasteiger partial charge in [-0.1, -0.05) is 0 Å². The van der Waals surface area contributed by atoms with Gasteiger partial charge in [0.1, 0.15) is 23.7 Å². The van der Waals surface area contributed by atoms with Crippen LogP contribution in [0.25, 0.3) is 22.3 Å². The molecule has 0 unspecified atom stereocenters. The van der Waals surface area contributed by atoms with Gasteiger partial charge < -0.3 is 14.4 Å². The van der Waals surface area contributed by atoms with E-state index in [9.17, 15) is 0 Å². The van der Waals surface area contributed by atoms with Crippen molar-refractivity contribution in [3.63, 3.8) is 0 Å². The van der Waals surface area contributed by atoms with Crippen LogP contribution in [0.3, 0.4) is 0 Å². The molecule has 0 radical (unpaired) electrons. The van der Waals surface area contributed by atoms with Gasteiger partial charge in [-0.25, -0.2) is 9.97 Å². The molecule has 0 aliphatic rings. The lowest BCUT2D eigenvalue weighted by atomic mass is 10.1. The number of aromatic nitrogens is 7. The molecule has 0 saturated heterocycles. The quantitative estimate of drug-likeness (QED) is 0.308. The summed E-state index contributed by atoms with van der Waals surface area (Å²) in [6.45, 7) is 3.37. The third-order valence-electron chi connectivity index (χ3n) is 5.91. The second-order valence-corrected chi connectivity index (χ2v) is 8.46. The molecule has 0 atom stereocenters. The summed E-state index contributed by atoms with van der Waals surface area (Å²) < 4.78 is 14.7. The lowest BCUT2D eigenvalue weighted by molar-refractivity contribution is 0.394. The van der Waals surface area contributed by atoms with E-state index in [1.165, 1.54) is 0 Å². The van der Waals surface area contributed by atoms with Crippen molar-refractivity contribution in [2.45, 2.75) is 19.9 Å². The number of nitrogens with zero attached hydrogens (tertiary/aromatic N) is 8. The second kappa shape index (κ2) is 10.0. The van der Waals surface area contributed by atoms with Crippen LogP contribution in [0.4, 0.5) is 11.4 Å². The number of hydrogen-bond acceptors (Lipinski definition) is 8. The fraction of sp³-hybridized carbons (Fsp3) is 0.269. The molecule has 3 heterocycles. The van der Waals surface area contributed by atoms with Crippen molar-refractivity contribution >= 4 is 22.4 Å². The molecule has 2 aromatic carbocycles. The van der Waals surface area contributed by atoms with Gasteiger partial charge >= 0.3 is 0 Å². The van der Waals surface area contributed by atoms with Crippen molar-refractivity contribution in [3.05, 3.63) is 67.1 Å². The molecular formula is C26H28N8O2. The van der Waals surface area contributed by atoms with Gasteiger partial charge in [-0.2, -0.15) is 10.2 Å². The maximum Gasteiger partial charge on any atom is 0.147 e. The Morgan fingerprint density at radius 2 is 1.72 bits per heavy atom. The van der Waals surface area contributed by atoms with Crippen LogP contribution in [0, 0.1) is 6.92 Å². The lowest BCUT2D eigenvalue weighted by Crippen LogP contribution is -2.20. The Kier molecular flexibility index (Phi) is 6.48. The van der Waals surface area contributed by atoms with Gasteiger partial charge in [0.2, 0.25) is 0 Å². The van der Waals surface area contributed by atoms with Gasteiger partial charge in [0.05, 0.1) is 43.3 Å². The first-order chi connectivity index (χ1) is 17.5. The van der Waals surface area contributed by atoms with Crippen LogP contribution in [0.15, 0.2) is 61.3 Å². The normalized spacial score (nSPS) is 11.1. The number of rotatable bonds is 9. The molecular weight excluding hydrogens is 456 g/mol. The van der Waals surface area contributed by atoms with Crippen molar-refractivity contribution in [1.29, 1.82) is 0 Å². The summed E-state index contributed by atoms with van der Waals surface area (Å²) in [4.78, 5) is 16.0. The van der Waals surface area contributed by atoms with E-state index >= 15 is 0 Å². The Morgan fingerprint density at radius 1 is 0.917 bits per heavy atom. The first kappa shape index (κ1) is 23.3. The largest absolute Gasteiger partial charge is 0.497 e. The van der Waals surface area contributed by atoms with Crippen LogP contribution in [-0.4, -0.2) is 55.3 Å². The molecule has 0 amide bonds. The summed E-state index contributed by atoms with van der Waals surface area (Å²) in [5.41, 5.74) is 5.29. The molecule has 0 N–H and O–H groups in total. The van der Waals surface area contributed by atoms with Crippen molar-refractivity contribution < 1.29 is 9.47 Å². The molecule has 10 nitrogen and oxygen atoms in total. The first-order valence-electron chi connectivity index (χ1n) is 11.6. The van der Waals surface area contributed by atoms with Gasteiger partial charge in [-0.05, 0) is 31.5 Å². The summed E-state index contributed by atoms with van der Waals surface area (Å²) in [6.07, 6.45) is 8.12. The smallest absolute Gasteiger partial charge is 0.147 e. The zero-order valence-corrected chi connectivity index (χ0v) is 20.8. The number of benzene rings is 2. The molecule has 3 aromatic heterocycles. The fourth-order valence-electron chi connectivity index (χ4n) is 4.10. The van der Waals surface area contributed by atoms with Gasteiger partial charge in [-0.3, -0.25) is 14.3 Å². The standard InChI is InChI=1S/C26H28N8O2/c1-18-28-17-33(31-18)8-5-9-34(21-10-22(35-3)13-23(11-21)36-4)20-6-7-24-25(12-20)30-26(15-27-24)19-14-29-32(2)16-19/h6-7,10-17H,5,8-9H2,1-4H3. The Balaban J connectivity index is 1.52. The van der Waals surface area contributed by atoms with Crippen LogP contribution in [0.1, 0.15) is 12.2 Å². The summed E-state index contributed by atoms with van der Waals surface area (Å²) in [7, 11) is 5.19. The van der Waals surface area contributed by atoms with E-state index in [1.54, 1.807) is 37.6 Å². The topological polar surface area (TPSA) is 96.0 Å². The highest BCUT2D eigenvalue weighted by Crippen LogP contribution is 2.34. The van der Waals surface area contributed by atoms with Gasteiger partial charge in [0.25, 0.3) is 0 Å². The van der Waals surface area contributed by atoms with E-state index in [2.05, 4.69) is 37.2 Å². The third kappa shape index (κ3) is 4.97. The highest BCUT2D eigenvalue weighted by molar-refractivity contribution is 5.82. The number of anilines is 2. The Morgan fingerprint density at radius 3 is 2.39 bits per heavy atom. The number of methoxy groups -OCH3 is 2. The fourth-order valence-corrected chi connectivity index (χ4v) is 4.10. The van der Waals surface area contributed by atoms with Crippen molar-refractivity contribution in [1.82, 2.24) is 34.5 Å². The lowest BCUT2D eigenvalue weighted by Gasteiger charge is -2.26. The predicted octanol–water partition coefficient (Wildman–Crippen LogP) is 4.18. The summed E-state index contributed by atoms with van der Waals surface area (Å²) in [5, 5.41) is 8.67. The minimum absolute atomic E-state index is 0.723. The van der Waals surface area contributed by atoms with Crippen molar-refractivity contribution in [2.24, 2.45) is 7.05 Å². The van der Waals surface area contributed by atoms with Crippen LogP contribution in [0.5, 0.6) is 11.5 Å². The molecule has 0 bridgehead atoms. The minimum atomic E-state index is 0.723. The monoisotopic (exact) mass is 484 g/mol. The molecule has 0 aliphatic heterocycles. The molecule has 0 aliphatic carbocycles. The average molecular weight is 485 g/mol. The summed E-state index contributed by atoms with van der Waals surface area (Å²) >= 11 is 0. The first-order valence-corrected chi connectivity index (χ1v) is 11.6. The van der Waals surface area contributed by atoms with E-state index in [4.69, 9.17) is 14.5 Å². The molecule has 0 spiro atoms. The van der Waals surface area contributed by atoms with E-state index < -0.39 is 0 Å². The number of fused-ring (bicyclic) bond motifs is 1. The van der Waals surface area contributed by atoms with E-state index in [0.29, 0.717) is 0 Å². The molecule has 0 fully saturated rings. The van der Waals surface area contributed by atoms with Crippen LogP contribution in [-0.2, 0) is 13.6 Å². The third-order valence-corrected chi connectivity index (χ3v) is 5.91. The Bertz CT molecular complexity index is 1470. The maximum atomic E-state index is 5.54. The highest BCUT2D eigenvalue weighted by Gasteiger charge is 2.15. The van der Waals surface area contributed by atoms with E-state index in [0.717, 1.165) is 70.5 Å². The summed E-state index contributed by atoms with van der Waals surface area (Å²) in [6, 6.07) is 12.0. The Hall–Kier alpha value is -4.47. The maximum absolute atomic E-state index is 5.54. The highest BCUT2D eigenvalue weighted by atomic mass is 16.5. The number of aryl methyl sites for hydroxylation is 3. The molecule has 36 heavy (non-hydrogen) atoms. The molecule has 184 valence electrons. The van der Waals surface area contributed by atoms with Crippen LogP contribution in [0.2, 0.25) is 0 Å². The molecule has 5 aromatic rings.